The fraction of sp³-hybridized carbons (Fsp3) is 0.105. The number of methoxy groups -OCH3 is 1. The van der Waals surface area contributed by atoms with Gasteiger partial charge in [0.1, 0.15) is 16.1 Å². The molecule has 0 aliphatic heterocycles. The second-order valence-corrected chi connectivity index (χ2v) is 6.90. The van der Waals surface area contributed by atoms with Crippen LogP contribution < -0.4 is 10.9 Å². The molecule has 4 aromatic rings. The Morgan fingerprint density at radius 3 is 2.82 bits per heavy atom. The number of amides is 1. The van der Waals surface area contributed by atoms with Crippen molar-refractivity contribution in [2.45, 2.75) is 6.54 Å². The number of aromatic nitrogens is 3. The number of esters is 1. The molecule has 0 fully saturated rings. The van der Waals surface area contributed by atoms with Crippen LogP contribution in [0.15, 0.2) is 53.7 Å². The number of carbonyl (C=O) groups is 2. The van der Waals surface area contributed by atoms with E-state index in [2.05, 4.69) is 15.3 Å². The van der Waals surface area contributed by atoms with Crippen LogP contribution in [0, 0.1) is 0 Å². The van der Waals surface area contributed by atoms with Gasteiger partial charge in [0.05, 0.1) is 30.2 Å². The molecule has 0 radical (unpaired) electrons. The van der Waals surface area contributed by atoms with Crippen molar-refractivity contribution in [3.8, 4) is 0 Å². The van der Waals surface area contributed by atoms with Gasteiger partial charge in [-0.25, -0.2) is 14.8 Å². The van der Waals surface area contributed by atoms with Crippen LogP contribution in [0.25, 0.3) is 20.4 Å². The molecule has 3 aromatic heterocycles. The van der Waals surface area contributed by atoms with Gasteiger partial charge < -0.3 is 10.1 Å². The molecule has 4 rings (SSSR count). The Balaban J connectivity index is 1.63. The zero-order valence-electron chi connectivity index (χ0n) is 14.7. The summed E-state index contributed by atoms with van der Waals surface area (Å²) in [6, 6.07) is 10.1. The molecule has 3 heterocycles. The highest BCUT2D eigenvalue weighted by molar-refractivity contribution is 7.25. The highest BCUT2D eigenvalue weighted by Crippen LogP contribution is 2.27. The Labute approximate surface area is 162 Å². The normalized spacial score (nSPS) is 10.9. The van der Waals surface area contributed by atoms with Crippen molar-refractivity contribution in [3.05, 3.63) is 64.8 Å². The van der Waals surface area contributed by atoms with Crippen LogP contribution in [0.1, 0.15) is 10.4 Å². The van der Waals surface area contributed by atoms with Crippen molar-refractivity contribution in [1.82, 2.24) is 14.5 Å². The van der Waals surface area contributed by atoms with Crippen LogP contribution in [0.5, 0.6) is 0 Å². The molecule has 0 unspecified atom stereocenters. The van der Waals surface area contributed by atoms with Gasteiger partial charge in [-0.05, 0) is 24.3 Å². The van der Waals surface area contributed by atoms with Gasteiger partial charge in [0.25, 0.3) is 5.56 Å². The van der Waals surface area contributed by atoms with E-state index in [1.807, 2.05) is 6.07 Å². The molecular weight excluding hydrogens is 380 g/mol. The molecular formula is C19H14N4O4S. The minimum Gasteiger partial charge on any atom is -0.465 e. The van der Waals surface area contributed by atoms with E-state index in [9.17, 15) is 14.4 Å². The number of benzene rings is 1. The van der Waals surface area contributed by atoms with Crippen LogP contribution in [-0.4, -0.2) is 33.5 Å². The second kappa shape index (κ2) is 7.20. The predicted octanol–water partition coefficient (Wildman–Crippen LogP) is 2.43. The minimum atomic E-state index is -0.561. The lowest BCUT2D eigenvalue weighted by molar-refractivity contribution is -0.116. The average molecular weight is 394 g/mol. The Bertz CT molecular complexity index is 1280. The topological polar surface area (TPSA) is 103 Å². The van der Waals surface area contributed by atoms with Crippen molar-refractivity contribution >= 4 is 49.3 Å². The van der Waals surface area contributed by atoms with E-state index >= 15 is 0 Å². The number of carbonyl (C=O) groups excluding carboxylic acids is 2. The van der Waals surface area contributed by atoms with Gasteiger partial charge in [-0.3, -0.25) is 14.2 Å². The Kier molecular flexibility index (Phi) is 4.58. The van der Waals surface area contributed by atoms with Crippen LogP contribution in [0.2, 0.25) is 0 Å². The second-order valence-electron chi connectivity index (χ2n) is 5.90. The summed E-state index contributed by atoms with van der Waals surface area (Å²) in [6.45, 7) is -0.237. The third-order valence-corrected chi connectivity index (χ3v) is 5.23. The summed E-state index contributed by atoms with van der Waals surface area (Å²) in [6.07, 6.45) is 3.00. The quantitative estimate of drug-likeness (QED) is 0.533. The summed E-state index contributed by atoms with van der Waals surface area (Å²) >= 11 is 1.24. The zero-order chi connectivity index (χ0) is 19.7. The molecule has 1 amide bonds. The van der Waals surface area contributed by atoms with Gasteiger partial charge >= 0.3 is 5.97 Å². The maximum absolute atomic E-state index is 12.8. The summed E-state index contributed by atoms with van der Waals surface area (Å²) < 4.78 is 6.39. The molecule has 8 nitrogen and oxygen atoms in total. The van der Waals surface area contributed by atoms with E-state index < -0.39 is 11.9 Å². The number of para-hydroxylation sites is 1. The number of hydrogen-bond donors (Lipinski definition) is 1. The van der Waals surface area contributed by atoms with Gasteiger partial charge in [0.15, 0.2) is 0 Å². The van der Waals surface area contributed by atoms with E-state index in [1.165, 1.54) is 29.3 Å². The fourth-order valence-electron chi connectivity index (χ4n) is 2.84. The zero-order valence-corrected chi connectivity index (χ0v) is 15.5. The first-order valence-corrected chi connectivity index (χ1v) is 9.10. The summed E-state index contributed by atoms with van der Waals surface area (Å²) in [5.74, 6) is -1.02. The lowest BCUT2D eigenvalue weighted by atomic mass is 10.2. The first-order chi connectivity index (χ1) is 13.6. The fourth-order valence-corrected chi connectivity index (χ4v) is 3.89. The smallest absolute Gasteiger partial charge is 0.339 e. The Hall–Kier alpha value is -3.59. The van der Waals surface area contributed by atoms with Crippen molar-refractivity contribution in [3.63, 3.8) is 0 Å². The molecule has 9 heteroatoms. The number of nitrogens with zero attached hydrogens (tertiary/aromatic N) is 3. The lowest BCUT2D eigenvalue weighted by Gasteiger charge is -2.10. The minimum absolute atomic E-state index is 0.231. The summed E-state index contributed by atoms with van der Waals surface area (Å²) in [5.41, 5.74) is 0.803. The molecule has 28 heavy (non-hydrogen) atoms. The van der Waals surface area contributed by atoms with E-state index in [-0.39, 0.29) is 17.7 Å². The number of fused-ring (bicyclic) bond motifs is 3. The first kappa shape index (κ1) is 17.8. The van der Waals surface area contributed by atoms with Crippen LogP contribution in [0.4, 0.5) is 5.69 Å². The molecule has 0 saturated carbocycles. The molecule has 0 aliphatic carbocycles. The van der Waals surface area contributed by atoms with Gasteiger partial charge in [-0.2, -0.15) is 0 Å². The van der Waals surface area contributed by atoms with Gasteiger partial charge in [-0.15, -0.1) is 11.3 Å². The Morgan fingerprint density at radius 1 is 1.18 bits per heavy atom. The molecule has 0 atom stereocenters. The van der Waals surface area contributed by atoms with E-state index in [4.69, 9.17) is 4.74 Å². The summed E-state index contributed by atoms with van der Waals surface area (Å²) in [7, 11) is 1.27. The number of nitrogens with one attached hydrogen (secondary N) is 1. The van der Waals surface area contributed by atoms with E-state index in [1.54, 1.807) is 36.5 Å². The number of pyridine rings is 1. The molecule has 0 saturated heterocycles. The van der Waals surface area contributed by atoms with Crippen molar-refractivity contribution in [2.75, 3.05) is 12.4 Å². The molecule has 0 aliphatic rings. The number of ether oxygens (including phenoxy) is 1. The Morgan fingerprint density at radius 2 is 2.00 bits per heavy atom. The monoisotopic (exact) mass is 394 g/mol. The predicted molar refractivity (Wildman–Crippen MR) is 106 cm³/mol. The van der Waals surface area contributed by atoms with Gasteiger partial charge in [0, 0.05) is 11.6 Å². The third-order valence-electron chi connectivity index (χ3n) is 4.14. The van der Waals surface area contributed by atoms with Crippen LogP contribution in [0.3, 0.4) is 0 Å². The molecule has 0 spiro atoms. The van der Waals surface area contributed by atoms with Gasteiger partial charge in [-0.1, -0.05) is 12.1 Å². The van der Waals surface area contributed by atoms with Crippen LogP contribution in [-0.2, 0) is 16.1 Å². The van der Waals surface area contributed by atoms with Crippen LogP contribution >= 0.6 is 11.3 Å². The van der Waals surface area contributed by atoms with Crippen molar-refractivity contribution < 1.29 is 14.3 Å². The van der Waals surface area contributed by atoms with E-state index in [0.717, 1.165) is 10.2 Å². The molecule has 0 bridgehead atoms. The van der Waals surface area contributed by atoms with Crippen molar-refractivity contribution in [2.24, 2.45) is 0 Å². The number of anilines is 1. The lowest BCUT2D eigenvalue weighted by Crippen LogP contribution is -2.28. The maximum Gasteiger partial charge on any atom is 0.339 e. The SMILES string of the molecule is COC(=O)c1ccccc1NC(=O)Cn1cnc2c(sc3ncccc32)c1=O. The molecule has 1 N–H and O–H groups in total. The highest BCUT2D eigenvalue weighted by atomic mass is 32.1. The average Bonchev–Trinajstić information content (AvgIpc) is 3.09. The maximum atomic E-state index is 12.8. The number of hydrogen-bond acceptors (Lipinski definition) is 7. The number of thiophene rings is 1. The van der Waals surface area contributed by atoms with Crippen molar-refractivity contribution in [1.29, 1.82) is 0 Å². The number of rotatable bonds is 4. The standard InChI is InChI=1S/C19H14N4O4S/c1-27-19(26)11-5-2-3-7-13(11)22-14(24)9-23-10-21-15-12-6-4-8-20-17(12)28-16(15)18(23)25/h2-8,10H,9H2,1H3,(H,22,24). The van der Waals surface area contributed by atoms with Gasteiger partial charge in [0.2, 0.25) is 5.91 Å². The largest absolute Gasteiger partial charge is 0.465 e. The summed E-state index contributed by atoms with van der Waals surface area (Å²) in [5, 5.41) is 3.45. The summed E-state index contributed by atoms with van der Waals surface area (Å²) in [4.78, 5) is 46.3. The highest BCUT2D eigenvalue weighted by Gasteiger charge is 2.16. The van der Waals surface area contributed by atoms with E-state index in [0.29, 0.717) is 15.9 Å². The molecule has 140 valence electrons. The third kappa shape index (κ3) is 3.12. The first-order valence-electron chi connectivity index (χ1n) is 8.28. The molecule has 1 aromatic carbocycles.